The number of nitrogen functional groups attached to an aromatic ring is 1. The Bertz CT molecular complexity index is 616. The number of carbonyl (C=O) groups excluding carboxylic acids is 1. The van der Waals surface area contributed by atoms with Crippen LogP contribution >= 0.6 is 11.3 Å². The number of amides is 1. The first-order valence-electron chi connectivity index (χ1n) is 5.98. The summed E-state index contributed by atoms with van der Waals surface area (Å²) in [5.74, 6) is -2.82. The van der Waals surface area contributed by atoms with Gasteiger partial charge in [0.1, 0.15) is 16.4 Å². The number of hydrogen-bond acceptors (Lipinski definition) is 4. The zero-order chi connectivity index (χ0) is 14.7. The molecule has 4 nitrogen and oxygen atoms in total. The van der Waals surface area contributed by atoms with Gasteiger partial charge in [0.25, 0.3) is 5.91 Å². The first kappa shape index (κ1) is 14.4. The largest absolute Gasteiger partial charge is 0.396 e. The molecule has 0 aliphatic carbocycles. The molecule has 1 amide bonds. The van der Waals surface area contributed by atoms with Crippen LogP contribution in [0.15, 0.2) is 23.7 Å². The summed E-state index contributed by atoms with van der Waals surface area (Å²) >= 11 is 1.37. The Morgan fingerprint density at radius 2 is 2.25 bits per heavy atom. The van der Waals surface area contributed by atoms with E-state index in [1.807, 2.05) is 6.92 Å². The van der Waals surface area contributed by atoms with Crippen LogP contribution in [0.3, 0.4) is 0 Å². The highest BCUT2D eigenvalue weighted by atomic mass is 32.1. The zero-order valence-electron chi connectivity index (χ0n) is 10.7. The lowest BCUT2D eigenvalue weighted by molar-refractivity contribution is 0.0927. The summed E-state index contributed by atoms with van der Waals surface area (Å²) in [6.07, 6.45) is 2.17. The van der Waals surface area contributed by atoms with Crippen LogP contribution in [-0.2, 0) is 0 Å². The number of aromatic nitrogens is 1. The molecule has 0 aliphatic heterocycles. The van der Waals surface area contributed by atoms with Crippen LogP contribution in [0.4, 0.5) is 14.5 Å². The molecule has 1 atom stereocenters. The Kier molecular flexibility index (Phi) is 4.29. The fraction of sp³-hybridized carbons (Fsp3) is 0.231. The summed E-state index contributed by atoms with van der Waals surface area (Å²) < 4.78 is 27.4. The monoisotopic (exact) mass is 297 g/mol. The molecule has 2 rings (SSSR count). The number of rotatable bonds is 4. The van der Waals surface area contributed by atoms with Gasteiger partial charge in [0.05, 0.1) is 11.7 Å². The molecule has 1 aromatic carbocycles. The van der Waals surface area contributed by atoms with Crippen molar-refractivity contribution in [2.75, 3.05) is 5.73 Å². The smallest absolute Gasteiger partial charge is 0.257 e. The fourth-order valence-electron chi connectivity index (χ4n) is 1.75. The van der Waals surface area contributed by atoms with E-state index < -0.39 is 23.1 Å². The lowest BCUT2D eigenvalue weighted by Crippen LogP contribution is -2.30. The topological polar surface area (TPSA) is 68.0 Å². The Morgan fingerprint density at radius 1 is 1.50 bits per heavy atom. The molecular weight excluding hydrogens is 284 g/mol. The average molecular weight is 297 g/mol. The van der Waals surface area contributed by atoms with Gasteiger partial charge in [0.15, 0.2) is 5.82 Å². The maximum atomic E-state index is 13.8. The molecule has 0 saturated heterocycles. The maximum Gasteiger partial charge on any atom is 0.257 e. The molecule has 0 bridgehead atoms. The lowest BCUT2D eigenvalue weighted by Gasteiger charge is -2.15. The third-order valence-corrected chi connectivity index (χ3v) is 3.70. The van der Waals surface area contributed by atoms with Crippen molar-refractivity contribution < 1.29 is 13.6 Å². The van der Waals surface area contributed by atoms with Crippen LogP contribution in [-0.4, -0.2) is 10.9 Å². The SMILES string of the molecule is CCC(NC(=O)c1c(F)ccc(N)c1F)c1nccs1. The molecule has 0 fully saturated rings. The first-order chi connectivity index (χ1) is 9.54. The van der Waals surface area contributed by atoms with Crippen molar-refractivity contribution in [2.45, 2.75) is 19.4 Å². The second-order valence-electron chi connectivity index (χ2n) is 4.13. The molecule has 1 unspecified atom stereocenters. The van der Waals surface area contributed by atoms with E-state index in [1.165, 1.54) is 11.3 Å². The minimum absolute atomic E-state index is 0.265. The molecular formula is C13H13F2N3OS. The third kappa shape index (κ3) is 2.77. The number of hydrogen-bond donors (Lipinski definition) is 2. The van der Waals surface area contributed by atoms with Crippen molar-refractivity contribution in [3.63, 3.8) is 0 Å². The van der Waals surface area contributed by atoms with Crippen LogP contribution in [0.5, 0.6) is 0 Å². The van der Waals surface area contributed by atoms with Gasteiger partial charge in [-0.15, -0.1) is 11.3 Å². The van der Waals surface area contributed by atoms with Gasteiger partial charge in [0, 0.05) is 11.6 Å². The van der Waals surface area contributed by atoms with Gasteiger partial charge in [-0.05, 0) is 18.6 Å². The molecule has 0 saturated carbocycles. The summed E-state index contributed by atoms with van der Waals surface area (Å²) in [6, 6.07) is 1.67. The third-order valence-electron chi connectivity index (χ3n) is 2.81. The molecule has 1 aromatic heterocycles. The summed E-state index contributed by atoms with van der Waals surface area (Å²) in [5.41, 5.74) is 4.42. The average Bonchev–Trinajstić information content (AvgIpc) is 2.94. The van der Waals surface area contributed by atoms with E-state index in [2.05, 4.69) is 10.3 Å². The van der Waals surface area contributed by atoms with Gasteiger partial charge in [-0.1, -0.05) is 6.92 Å². The summed E-state index contributed by atoms with van der Waals surface area (Å²) in [5, 5.41) is 5.02. The van der Waals surface area contributed by atoms with Gasteiger partial charge in [0.2, 0.25) is 0 Å². The molecule has 3 N–H and O–H groups in total. The van der Waals surface area contributed by atoms with Crippen LogP contribution in [0.2, 0.25) is 0 Å². The Morgan fingerprint density at radius 3 is 2.85 bits per heavy atom. The molecule has 2 aromatic rings. The van der Waals surface area contributed by atoms with E-state index in [0.29, 0.717) is 11.4 Å². The van der Waals surface area contributed by atoms with Crippen molar-refractivity contribution in [1.29, 1.82) is 0 Å². The quantitative estimate of drug-likeness (QED) is 0.853. The van der Waals surface area contributed by atoms with Crippen LogP contribution in [0, 0.1) is 11.6 Å². The normalized spacial score (nSPS) is 12.2. The molecule has 20 heavy (non-hydrogen) atoms. The fourth-order valence-corrected chi connectivity index (χ4v) is 2.52. The van der Waals surface area contributed by atoms with E-state index in [1.54, 1.807) is 11.6 Å². The highest BCUT2D eigenvalue weighted by Crippen LogP contribution is 2.22. The highest BCUT2D eigenvalue weighted by Gasteiger charge is 2.23. The highest BCUT2D eigenvalue weighted by molar-refractivity contribution is 7.09. The first-order valence-corrected chi connectivity index (χ1v) is 6.86. The molecule has 0 spiro atoms. The van der Waals surface area contributed by atoms with E-state index in [-0.39, 0.29) is 11.7 Å². The molecule has 106 valence electrons. The minimum Gasteiger partial charge on any atom is -0.396 e. The summed E-state index contributed by atoms with van der Waals surface area (Å²) in [7, 11) is 0. The predicted molar refractivity (Wildman–Crippen MR) is 73.4 cm³/mol. The maximum absolute atomic E-state index is 13.8. The predicted octanol–water partition coefficient (Wildman–Crippen LogP) is 2.88. The number of nitrogens with two attached hydrogens (primary N) is 1. The second-order valence-corrected chi connectivity index (χ2v) is 5.06. The lowest BCUT2D eigenvalue weighted by atomic mass is 10.1. The number of carbonyl (C=O) groups is 1. The molecule has 0 aliphatic rings. The summed E-state index contributed by atoms with van der Waals surface area (Å²) in [4.78, 5) is 16.1. The number of thiazole rings is 1. The van der Waals surface area contributed by atoms with Gasteiger partial charge < -0.3 is 11.1 Å². The number of nitrogens with one attached hydrogen (secondary N) is 1. The van der Waals surface area contributed by atoms with Gasteiger partial charge in [-0.3, -0.25) is 4.79 Å². The van der Waals surface area contributed by atoms with Gasteiger partial charge in [-0.25, -0.2) is 13.8 Å². The van der Waals surface area contributed by atoms with Crippen molar-refractivity contribution >= 4 is 22.9 Å². The number of benzene rings is 1. The second kappa shape index (κ2) is 5.96. The van der Waals surface area contributed by atoms with E-state index >= 15 is 0 Å². The molecule has 7 heteroatoms. The number of halogens is 2. The minimum atomic E-state index is -1.04. The standard InChI is InChI=1S/C13H13F2N3OS/c1-2-9(13-17-5-6-20-13)18-12(19)10-7(14)3-4-8(16)11(10)15/h3-6,9H,2,16H2,1H3,(H,18,19). The Hall–Kier alpha value is -2.02. The van der Waals surface area contributed by atoms with Crippen LogP contribution in [0.1, 0.15) is 34.8 Å². The van der Waals surface area contributed by atoms with Crippen molar-refractivity contribution in [1.82, 2.24) is 10.3 Å². The van der Waals surface area contributed by atoms with Crippen molar-refractivity contribution in [3.8, 4) is 0 Å². The number of anilines is 1. The van der Waals surface area contributed by atoms with E-state index in [0.717, 1.165) is 12.1 Å². The Balaban J connectivity index is 2.26. The van der Waals surface area contributed by atoms with Crippen LogP contribution < -0.4 is 11.1 Å². The van der Waals surface area contributed by atoms with E-state index in [4.69, 9.17) is 5.73 Å². The molecule has 1 heterocycles. The van der Waals surface area contributed by atoms with E-state index in [9.17, 15) is 13.6 Å². The number of nitrogens with zero attached hydrogens (tertiary/aromatic N) is 1. The van der Waals surface area contributed by atoms with Crippen LogP contribution in [0.25, 0.3) is 0 Å². The molecule has 0 radical (unpaired) electrons. The Labute approximate surface area is 118 Å². The zero-order valence-corrected chi connectivity index (χ0v) is 11.5. The van der Waals surface area contributed by atoms with Crippen molar-refractivity contribution in [2.24, 2.45) is 0 Å². The van der Waals surface area contributed by atoms with Gasteiger partial charge in [-0.2, -0.15) is 0 Å². The summed E-state index contributed by atoms with van der Waals surface area (Å²) in [6.45, 7) is 1.85. The van der Waals surface area contributed by atoms with Crippen molar-refractivity contribution in [3.05, 3.63) is 45.9 Å². The van der Waals surface area contributed by atoms with Gasteiger partial charge >= 0.3 is 0 Å².